The first kappa shape index (κ1) is 25.9. The molecule has 0 radical (unpaired) electrons. The molecule has 0 bridgehead atoms. The van der Waals surface area contributed by atoms with Gasteiger partial charge in [-0.05, 0) is 60.2 Å². The van der Waals surface area contributed by atoms with Crippen LogP contribution in [0.2, 0.25) is 0 Å². The highest BCUT2D eigenvalue weighted by molar-refractivity contribution is 7.10. The molecule has 3 rings (SSSR count). The molecule has 35 heavy (non-hydrogen) atoms. The third kappa shape index (κ3) is 7.95. The highest BCUT2D eigenvalue weighted by Crippen LogP contribution is 2.20. The van der Waals surface area contributed by atoms with Crippen molar-refractivity contribution in [2.45, 2.75) is 26.4 Å². The predicted molar refractivity (Wildman–Crippen MR) is 138 cm³/mol. The second-order valence-corrected chi connectivity index (χ2v) is 9.15. The van der Waals surface area contributed by atoms with Crippen molar-refractivity contribution >= 4 is 29.0 Å². The quantitative estimate of drug-likeness (QED) is 0.382. The van der Waals surface area contributed by atoms with Gasteiger partial charge in [0, 0.05) is 37.4 Å². The number of anilines is 1. The molecule has 3 aromatic rings. The molecule has 1 aromatic heterocycles. The van der Waals surface area contributed by atoms with E-state index in [1.807, 2.05) is 48.7 Å². The van der Waals surface area contributed by atoms with Crippen molar-refractivity contribution in [2.75, 3.05) is 32.1 Å². The van der Waals surface area contributed by atoms with Gasteiger partial charge in [0.25, 0.3) is 0 Å². The van der Waals surface area contributed by atoms with Gasteiger partial charge < -0.3 is 19.9 Å². The summed E-state index contributed by atoms with van der Waals surface area (Å²) in [5, 5.41) is 13.8. The zero-order valence-electron chi connectivity index (χ0n) is 20.1. The Kier molecular flexibility index (Phi) is 9.84. The maximum Gasteiger partial charge on any atom is 0.322 e. The van der Waals surface area contributed by atoms with Crippen LogP contribution in [0.5, 0.6) is 0 Å². The van der Waals surface area contributed by atoms with Crippen molar-refractivity contribution in [3.8, 4) is 6.07 Å². The van der Waals surface area contributed by atoms with Crippen LogP contribution in [0.3, 0.4) is 0 Å². The largest absolute Gasteiger partial charge is 0.385 e. The van der Waals surface area contributed by atoms with Crippen molar-refractivity contribution in [1.82, 2.24) is 9.80 Å². The van der Waals surface area contributed by atoms with Gasteiger partial charge in [0.2, 0.25) is 5.91 Å². The molecule has 0 atom stereocenters. The fourth-order valence-electron chi connectivity index (χ4n) is 3.52. The molecule has 0 saturated carbocycles. The number of rotatable bonds is 11. The number of nitriles is 1. The number of hydrogen-bond acceptors (Lipinski definition) is 5. The minimum atomic E-state index is -0.369. The molecule has 0 aliphatic carbocycles. The van der Waals surface area contributed by atoms with Gasteiger partial charge in [0.15, 0.2) is 0 Å². The van der Waals surface area contributed by atoms with E-state index in [1.54, 1.807) is 47.6 Å². The molecule has 3 amide bonds. The summed E-state index contributed by atoms with van der Waals surface area (Å²) in [6, 6.07) is 20.2. The number of nitrogens with zero attached hydrogens (tertiary/aromatic N) is 3. The van der Waals surface area contributed by atoms with Gasteiger partial charge in [-0.25, -0.2) is 4.79 Å². The Labute approximate surface area is 210 Å². The van der Waals surface area contributed by atoms with Gasteiger partial charge in [-0.3, -0.25) is 4.79 Å². The summed E-state index contributed by atoms with van der Waals surface area (Å²) in [6.07, 6.45) is 0.604. The van der Waals surface area contributed by atoms with E-state index < -0.39 is 0 Å². The third-order valence-corrected chi connectivity index (χ3v) is 6.53. The van der Waals surface area contributed by atoms with E-state index in [0.717, 1.165) is 16.0 Å². The van der Waals surface area contributed by atoms with E-state index in [2.05, 4.69) is 11.4 Å². The summed E-state index contributed by atoms with van der Waals surface area (Å²) in [5.41, 5.74) is 3.25. The lowest BCUT2D eigenvalue weighted by Gasteiger charge is -2.28. The third-order valence-electron chi connectivity index (χ3n) is 5.53. The Morgan fingerprint density at radius 1 is 1.03 bits per heavy atom. The minimum Gasteiger partial charge on any atom is -0.385 e. The molecule has 1 N–H and O–H groups in total. The van der Waals surface area contributed by atoms with Crippen LogP contribution in [0.25, 0.3) is 0 Å². The first-order chi connectivity index (χ1) is 17.0. The van der Waals surface area contributed by atoms with Crippen LogP contribution in [0.15, 0.2) is 66.0 Å². The Balaban J connectivity index is 1.75. The van der Waals surface area contributed by atoms with Crippen LogP contribution >= 0.6 is 11.3 Å². The molecular weight excluding hydrogens is 460 g/mol. The maximum absolute atomic E-state index is 13.5. The number of urea groups is 1. The number of hydrogen-bond donors (Lipinski definition) is 1. The fourth-order valence-corrected chi connectivity index (χ4v) is 4.44. The summed E-state index contributed by atoms with van der Waals surface area (Å²) in [7, 11) is 1.61. The van der Waals surface area contributed by atoms with Crippen molar-refractivity contribution in [3.63, 3.8) is 0 Å². The van der Waals surface area contributed by atoms with Crippen molar-refractivity contribution in [3.05, 3.63) is 87.6 Å². The van der Waals surface area contributed by atoms with E-state index in [4.69, 9.17) is 10.00 Å². The zero-order chi connectivity index (χ0) is 25.0. The average molecular weight is 491 g/mol. The minimum absolute atomic E-state index is 0.0525. The van der Waals surface area contributed by atoms with Crippen molar-refractivity contribution in [1.29, 1.82) is 5.26 Å². The maximum atomic E-state index is 13.5. The summed E-state index contributed by atoms with van der Waals surface area (Å²) in [6.45, 7) is 3.79. The van der Waals surface area contributed by atoms with Gasteiger partial charge in [-0.2, -0.15) is 5.26 Å². The lowest BCUT2D eigenvalue weighted by Crippen LogP contribution is -2.44. The number of thiophene rings is 1. The van der Waals surface area contributed by atoms with Gasteiger partial charge in [0.05, 0.1) is 18.2 Å². The molecule has 0 saturated heterocycles. The highest BCUT2D eigenvalue weighted by atomic mass is 32.1. The zero-order valence-corrected chi connectivity index (χ0v) is 20.9. The van der Waals surface area contributed by atoms with Crippen LogP contribution in [-0.4, -0.2) is 48.5 Å². The SMILES string of the molecule is COCCCN(CC(=O)N(Cc1ccccc1)Cc1sccc1C)C(=O)Nc1ccc(C#N)cc1. The van der Waals surface area contributed by atoms with Gasteiger partial charge in [-0.15, -0.1) is 11.3 Å². The fraction of sp³-hybridized carbons (Fsp3) is 0.296. The van der Waals surface area contributed by atoms with E-state index in [0.29, 0.717) is 43.9 Å². The number of aryl methyl sites for hydroxylation is 1. The number of methoxy groups -OCH3 is 1. The number of carbonyl (C=O) groups excluding carboxylic acids is 2. The summed E-state index contributed by atoms with van der Waals surface area (Å²) in [5.74, 6) is -0.131. The predicted octanol–water partition coefficient (Wildman–Crippen LogP) is 5.03. The standard InChI is InChI=1S/C27H30N4O3S/c1-21-13-16-35-25(21)19-31(18-23-7-4-3-5-8-23)26(32)20-30(14-6-15-34-2)27(33)29-24-11-9-22(17-28)10-12-24/h3-5,7-13,16H,6,14-15,18-20H2,1-2H3,(H,29,33). The highest BCUT2D eigenvalue weighted by Gasteiger charge is 2.22. The molecule has 0 aliphatic heterocycles. The van der Waals surface area contributed by atoms with E-state index >= 15 is 0 Å². The van der Waals surface area contributed by atoms with Crippen LogP contribution in [0, 0.1) is 18.3 Å². The Morgan fingerprint density at radius 3 is 2.40 bits per heavy atom. The van der Waals surface area contributed by atoms with Gasteiger partial charge in [0.1, 0.15) is 6.54 Å². The summed E-state index contributed by atoms with van der Waals surface area (Å²) >= 11 is 1.63. The first-order valence-electron chi connectivity index (χ1n) is 11.4. The molecule has 0 unspecified atom stereocenters. The van der Waals surface area contributed by atoms with E-state index in [1.165, 1.54) is 4.90 Å². The smallest absolute Gasteiger partial charge is 0.322 e. The first-order valence-corrected chi connectivity index (χ1v) is 12.3. The monoisotopic (exact) mass is 490 g/mol. The van der Waals surface area contributed by atoms with Crippen LogP contribution in [0.4, 0.5) is 10.5 Å². The second-order valence-electron chi connectivity index (χ2n) is 8.15. The second kappa shape index (κ2) is 13.3. The molecular formula is C27H30N4O3S. The average Bonchev–Trinajstić information content (AvgIpc) is 3.28. The molecule has 182 valence electrons. The number of ether oxygens (including phenoxy) is 1. The topological polar surface area (TPSA) is 85.7 Å². The molecule has 0 spiro atoms. The molecule has 0 aliphatic rings. The Morgan fingerprint density at radius 2 is 1.77 bits per heavy atom. The van der Waals surface area contributed by atoms with Gasteiger partial charge in [-0.1, -0.05) is 30.3 Å². The Bertz CT molecular complexity index is 1140. The van der Waals surface area contributed by atoms with Crippen LogP contribution in [-0.2, 0) is 22.6 Å². The summed E-state index contributed by atoms with van der Waals surface area (Å²) in [4.78, 5) is 31.0. The summed E-state index contributed by atoms with van der Waals surface area (Å²) < 4.78 is 5.15. The van der Waals surface area contributed by atoms with E-state index in [9.17, 15) is 9.59 Å². The molecule has 0 fully saturated rings. The Hall–Kier alpha value is -3.67. The normalized spacial score (nSPS) is 10.4. The number of nitrogens with one attached hydrogen (secondary N) is 1. The number of carbonyl (C=O) groups is 2. The molecule has 1 heterocycles. The van der Waals surface area contributed by atoms with Crippen molar-refractivity contribution in [2.24, 2.45) is 0 Å². The van der Waals surface area contributed by atoms with E-state index in [-0.39, 0.29) is 18.5 Å². The lowest BCUT2D eigenvalue weighted by molar-refractivity contribution is -0.133. The number of benzene rings is 2. The number of amides is 3. The van der Waals surface area contributed by atoms with Crippen LogP contribution in [0.1, 0.15) is 28.0 Å². The van der Waals surface area contributed by atoms with Crippen LogP contribution < -0.4 is 5.32 Å². The molecule has 2 aromatic carbocycles. The van der Waals surface area contributed by atoms with Crippen molar-refractivity contribution < 1.29 is 14.3 Å². The lowest BCUT2D eigenvalue weighted by atomic mass is 10.2. The molecule has 7 nitrogen and oxygen atoms in total. The molecule has 8 heteroatoms. The van der Waals surface area contributed by atoms with Gasteiger partial charge >= 0.3 is 6.03 Å².